The third-order valence-electron chi connectivity index (χ3n) is 6.47. The second-order valence-corrected chi connectivity index (χ2v) is 9.01. The Hall–Kier alpha value is -3.83. The number of hydrogen-bond donors (Lipinski definition) is 2. The van der Waals surface area contributed by atoms with Crippen molar-refractivity contribution in [2.75, 3.05) is 39.4 Å². The standard InChI is InChI=1S/C25H30N8O3/c1-18-3-4-21-29-23-20(25(35)33(21)16-18)15-19(24(34)28-6-10-30-11-13-36-14-12-30)22(26)32(23)8-2-7-31-9-5-27-17-31/h3-5,9,15-17,26H,2,6-8,10-14H2,1H3,(H,28,34). The van der Waals surface area contributed by atoms with Gasteiger partial charge in [0.1, 0.15) is 16.8 Å². The number of morpholine rings is 1. The molecule has 0 radical (unpaired) electrons. The van der Waals surface area contributed by atoms with Gasteiger partial charge in [0.15, 0.2) is 0 Å². The number of amides is 1. The lowest BCUT2D eigenvalue weighted by Crippen LogP contribution is -2.42. The number of carbonyl (C=O) groups is 1. The molecule has 0 bridgehead atoms. The molecule has 1 aliphatic rings. The fraction of sp³-hybridized carbons (Fsp3) is 0.400. The van der Waals surface area contributed by atoms with Crippen LogP contribution in [0.1, 0.15) is 22.3 Å². The molecule has 188 valence electrons. The van der Waals surface area contributed by atoms with E-state index < -0.39 is 0 Å². The Morgan fingerprint density at radius 1 is 1.19 bits per heavy atom. The van der Waals surface area contributed by atoms with Gasteiger partial charge < -0.3 is 19.2 Å². The van der Waals surface area contributed by atoms with Gasteiger partial charge in [-0.05, 0) is 31.0 Å². The second kappa shape index (κ2) is 10.4. The predicted molar refractivity (Wildman–Crippen MR) is 134 cm³/mol. The third-order valence-corrected chi connectivity index (χ3v) is 6.47. The first-order valence-corrected chi connectivity index (χ1v) is 12.2. The van der Waals surface area contributed by atoms with Crippen molar-refractivity contribution in [2.24, 2.45) is 0 Å². The van der Waals surface area contributed by atoms with Crippen LogP contribution in [-0.2, 0) is 17.8 Å². The predicted octanol–water partition coefficient (Wildman–Crippen LogP) is 0.786. The highest BCUT2D eigenvalue weighted by molar-refractivity contribution is 5.96. The molecule has 1 saturated heterocycles. The molecule has 1 amide bonds. The molecule has 36 heavy (non-hydrogen) atoms. The Morgan fingerprint density at radius 2 is 2.03 bits per heavy atom. The van der Waals surface area contributed by atoms with E-state index in [1.807, 2.05) is 23.8 Å². The zero-order chi connectivity index (χ0) is 25.1. The second-order valence-electron chi connectivity index (χ2n) is 9.01. The third kappa shape index (κ3) is 4.93. The zero-order valence-electron chi connectivity index (χ0n) is 20.3. The summed E-state index contributed by atoms with van der Waals surface area (Å²) in [5.41, 5.74) is 1.79. The Balaban J connectivity index is 1.49. The zero-order valence-corrected chi connectivity index (χ0v) is 20.3. The van der Waals surface area contributed by atoms with E-state index >= 15 is 0 Å². The molecule has 0 atom stereocenters. The van der Waals surface area contributed by atoms with Crippen LogP contribution in [0.4, 0.5) is 0 Å². The fourth-order valence-corrected chi connectivity index (χ4v) is 4.51. The molecule has 1 aliphatic heterocycles. The van der Waals surface area contributed by atoms with E-state index in [-0.39, 0.29) is 22.5 Å². The molecule has 11 heteroatoms. The van der Waals surface area contributed by atoms with Gasteiger partial charge in [-0.15, -0.1) is 0 Å². The number of hydrogen-bond acceptors (Lipinski definition) is 7. The molecule has 0 unspecified atom stereocenters. The van der Waals surface area contributed by atoms with Crippen molar-refractivity contribution in [3.05, 3.63) is 70.1 Å². The number of nitrogens with zero attached hydrogens (tertiary/aromatic N) is 6. The van der Waals surface area contributed by atoms with E-state index in [9.17, 15) is 9.59 Å². The Morgan fingerprint density at radius 3 is 2.81 bits per heavy atom. The number of fused-ring (bicyclic) bond motifs is 2. The Labute approximate surface area is 207 Å². The molecular formula is C25H30N8O3. The topological polar surface area (TPSA) is 123 Å². The van der Waals surface area contributed by atoms with Crippen molar-refractivity contribution < 1.29 is 9.53 Å². The quantitative estimate of drug-likeness (QED) is 0.352. The van der Waals surface area contributed by atoms with Crippen LogP contribution in [0.3, 0.4) is 0 Å². The van der Waals surface area contributed by atoms with Crippen LogP contribution in [-0.4, -0.2) is 73.7 Å². The van der Waals surface area contributed by atoms with E-state index in [0.29, 0.717) is 62.5 Å². The molecule has 4 aromatic heterocycles. The van der Waals surface area contributed by atoms with Gasteiger partial charge in [0, 0.05) is 57.9 Å². The number of rotatable bonds is 8. The first-order valence-electron chi connectivity index (χ1n) is 12.2. The lowest BCUT2D eigenvalue weighted by molar-refractivity contribution is 0.0383. The number of carbonyl (C=O) groups excluding carboxylic acids is 1. The van der Waals surface area contributed by atoms with Gasteiger partial charge in [-0.25, -0.2) is 9.97 Å². The van der Waals surface area contributed by atoms with E-state index in [2.05, 4.69) is 15.2 Å². The number of aryl methyl sites for hydroxylation is 3. The number of pyridine rings is 2. The first-order chi connectivity index (χ1) is 17.5. The number of nitrogens with one attached hydrogen (secondary N) is 2. The van der Waals surface area contributed by atoms with E-state index in [1.165, 1.54) is 10.5 Å². The maximum atomic E-state index is 13.4. The molecule has 5 heterocycles. The SMILES string of the molecule is Cc1ccc2nc3c(cc(C(=O)NCCN4CCOCC4)c(=N)n3CCCn3ccnc3)c(=O)n2c1. The summed E-state index contributed by atoms with van der Waals surface area (Å²) in [5.74, 6) is -0.368. The van der Waals surface area contributed by atoms with E-state index in [4.69, 9.17) is 15.1 Å². The highest BCUT2D eigenvalue weighted by atomic mass is 16.5. The lowest BCUT2D eigenvalue weighted by Gasteiger charge is -2.26. The highest BCUT2D eigenvalue weighted by Crippen LogP contribution is 2.12. The average molecular weight is 491 g/mol. The van der Waals surface area contributed by atoms with Crippen LogP contribution in [0.5, 0.6) is 0 Å². The number of imidazole rings is 1. The molecule has 2 N–H and O–H groups in total. The maximum Gasteiger partial charge on any atom is 0.267 e. The van der Waals surface area contributed by atoms with Gasteiger partial charge in [0.25, 0.3) is 11.5 Å². The molecule has 1 fully saturated rings. The minimum atomic E-state index is -0.368. The van der Waals surface area contributed by atoms with Crippen LogP contribution < -0.4 is 16.4 Å². The Kier molecular flexibility index (Phi) is 6.92. The minimum Gasteiger partial charge on any atom is -0.379 e. The van der Waals surface area contributed by atoms with E-state index in [0.717, 1.165) is 18.7 Å². The van der Waals surface area contributed by atoms with Gasteiger partial charge in [-0.2, -0.15) is 0 Å². The first kappa shape index (κ1) is 23.9. The maximum absolute atomic E-state index is 13.4. The smallest absolute Gasteiger partial charge is 0.267 e. The molecule has 11 nitrogen and oxygen atoms in total. The van der Waals surface area contributed by atoms with E-state index in [1.54, 1.807) is 29.4 Å². The van der Waals surface area contributed by atoms with Crippen molar-refractivity contribution in [1.82, 2.24) is 33.7 Å². The van der Waals surface area contributed by atoms with Crippen molar-refractivity contribution in [1.29, 1.82) is 5.41 Å². The van der Waals surface area contributed by atoms with Gasteiger partial charge in [-0.1, -0.05) is 6.07 Å². The normalized spacial score (nSPS) is 14.5. The number of ether oxygens (including phenoxy) is 1. The van der Waals surface area contributed by atoms with Crippen LogP contribution >= 0.6 is 0 Å². The lowest BCUT2D eigenvalue weighted by atomic mass is 10.2. The summed E-state index contributed by atoms with van der Waals surface area (Å²) < 4.78 is 10.5. The van der Waals surface area contributed by atoms with Crippen molar-refractivity contribution in [3.63, 3.8) is 0 Å². The number of aromatic nitrogens is 5. The summed E-state index contributed by atoms with van der Waals surface area (Å²) in [6, 6.07) is 5.20. The van der Waals surface area contributed by atoms with Gasteiger partial charge in [-0.3, -0.25) is 24.3 Å². The highest BCUT2D eigenvalue weighted by Gasteiger charge is 2.18. The van der Waals surface area contributed by atoms with Crippen LogP contribution in [0.25, 0.3) is 16.7 Å². The van der Waals surface area contributed by atoms with Gasteiger partial charge in [0.2, 0.25) is 0 Å². The van der Waals surface area contributed by atoms with Crippen LogP contribution in [0, 0.1) is 12.3 Å². The van der Waals surface area contributed by atoms with Crippen molar-refractivity contribution >= 4 is 22.6 Å². The average Bonchev–Trinajstić information content (AvgIpc) is 3.40. The van der Waals surface area contributed by atoms with Crippen LogP contribution in [0.2, 0.25) is 0 Å². The summed E-state index contributed by atoms with van der Waals surface area (Å²) in [7, 11) is 0. The summed E-state index contributed by atoms with van der Waals surface area (Å²) in [6.07, 6.45) is 7.76. The van der Waals surface area contributed by atoms with Gasteiger partial charge >= 0.3 is 0 Å². The largest absolute Gasteiger partial charge is 0.379 e. The van der Waals surface area contributed by atoms with Gasteiger partial charge in [0.05, 0.1) is 30.5 Å². The minimum absolute atomic E-state index is 0.0420. The molecule has 5 rings (SSSR count). The van der Waals surface area contributed by atoms with Crippen LogP contribution in [0.15, 0.2) is 47.9 Å². The summed E-state index contributed by atoms with van der Waals surface area (Å²) in [4.78, 5) is 37.6. The summed E-state index contributed by atoms with van der Waals surface area (Å²) in [5, 5.41) is 12.1. The summed E-state index contributed by atoms with van der Waals surface area (Å²) >= 11 is 0. The molecular weight excluding hydrogens is 460 g/mol. The molecule has 0 spiro atoms. The molecule has 4 aromatic rings. The molecule has 0 aliphatic carbocycles. The fourth-order valence-electron chi connectivity index (χ4n) is 4.51. The molecule has 0 saturated carbocycles. The van der Waals surface area contributed by atoms with Crippen molar-refractivity contribution in [2.45, 2.75) is 26.4 Å². The molecule has 0 aromatic carbocycles. The monoisotopic (exact) mass is 490 g/mol. The Bertz CT molecular complexity index is 1500. The van der Waals surface area contributed by atoms with Crippen molar-refractivity contribution in [3.8, 4) is 0 Å². The summed E-state index contributed by atoms with van der Waals surface area (Å²) in [6.45, 7) is 7.24.